The molecule has 6 heteroatoms. The van der Waals surface area contributed by atoms with Crippen molar-refractivity contribution >= 4 is 21.8 Å². The predicted molar refractivity (Wildman–Crippen MR) is 148 cm³/mol. The van der Waals surface area contributed by atoms with Crippen molar-refractivity contribution in [2.45, 2.75) is 31.9 Å². The van der Waals surface area contributed by atoms with Crippen molar-refractivity contribution in [3.05, 3.63) is 96.6 Å². The van der Waals surface area contributed by atoms with Crippen LogP contribution in [0.5, 0.6) is 23.0 Å². The van der Waals surface area contributed by atoms with Gasteiger partial charge in [0.25, 0.3) is 0 Å². The minimum atomic E-state index is -0.652. The number of nitrogens with one attached hydrogen (secondary N) is 2. The monoisotopic (exact) mass is 496 g/mol. The smallest absolute Gasteiger partial charge is 0.129 e. The summed E-state index contributed by atoms with van der Waals surface area (Å²) in [5, 5.41) is 25.7. The van der Waals surface area contributed by atoms with Gasteiger partial charge < -0.3 is 30.0 Å². The second-order valence-electron chi connectivity index (χ2n) is 10.00. The zero-order valence-corrected chi connectivity index (χ0v) is 21.1. The molecule has 5 rings (SSSR count). The van der Waals surface area contributed by atoms with Crippen LogP contribution in [0.2, 0.25) is 0 Å². The number of phenols is 1. The van der Waals surface area contributed by atoms with E-state index in [9.17, 15) is 10.2 Å². The summed E-state index contributed by atoms with van der Waals surface area (Å²) in [6.45, 7) is 4.85. The van der Waals surface area contributed by atoms with Gasteiger partial charge in [0.05, 0.1) is 5.52 Å². The molecule has 6 nitrogen and oxygen atoms in total. The van der Waals surface area contributed by atoms with E-state index in [2.05, 4.69) is 36.3 Å². The van der Waals surface area contributed by atoms with E-state index < -0.39 is 6.10 Å². The van der Waals surface area contributed by atoms with Gasteiger partial charge in [-0.1, -0.05) is 36.4 Å². The quantitative estimate of drug-likeness (QED) is 0.186. The van der Waals surface area contributed by atoms with Crippen LogP contribution in [0, 0.1) is 0 Å². The van der Waals surface area contributed by atoms with E-state index >= 15 is 0 Å². The largest absolute Gasteiger partial charge is 0.508 e. The summed E-state index contributed by atoms with van der Waals surface area (Å²) in [5.74, 6) is 2.38. The Labute approximate surface area is 216 Å². The number of aliphatic hydroxyl groups is 1. The molecule has 0 aliphatic carbocycles. The van der Waals surface area contributed by atoms with E-state index in [1.54, 1.807) is 24.3 Å². The van der Waals surface area contributed by atoms with Crippen LogP contribution in [0.3, 0.4) is 0 Å². The number of phenolic OH excluding ortho intramolecular Hbond substituents is 1. The standard InChI is InChI=1S/C31H32N2O4/c1-31(2,18-21-10-14-24(15-11-21)37-25-16-12-22(34)13-17-25)32-19-23(35)20-36-29-9-5-8-28-30(29)26-6-3-4-7-27(26)33-28/h3-17,23,32-35H,18-20H2,1-2H3. The Balaban J connectivity index is 1.14. The lowest BCUT2D eigenvalue weighted by atomic mass is 9.94. The SMILES string of the molecule is CC(C)(Cc1ccc(Oc2ccc(O)cc2)cc1)NCC(O)COc1cccc2[nH]c3ccccc3c12. The Kier molecular flexibility index (Phi) is 7.04. The van der Waals surface area contributed by atoms with Crippen molar-refractivity contribution in [2.75, 3.05) is 13.2 Å². The third-order valence-electron chi connectivity index (χ3n) is 6.38. The molecule has 4 aromatic carbocycles. The Morgan fingerprint density at radius 1 is 0.838 bits per heavy atom. The zero-order chi connectivity index (χ0) is 25.8. The maximum Gasteiger partial charge on any atom is 0.129 e. The number of β-amino-alcohol motifs (C(OH)–C–C–N with tert-alkyl or cyclic N) is 1. The second kappa shape index (κ2) is 10.5. The Bertz CT molecular complexity index is 1470. The van der Waals surface area contributed by atoms with Crippen molar-refractivity contribution in [3.63, 3.8) is 0 Å². The summed E-state index contributed by atoms with van der Waals surface area (Å²) in [4.78, 5) is 3.42. The molecule has 0 bridgehead atoms. The normalized spacial score (nSPS) is 12.6. The van der Waals surface area contributed by atoms with Crippen LogP contribution in [0.1, 0.15) is 19.4 Å². The maximum absolute atomic E-state index is 10.6. The molecule has 0 saturated heterocycles. The van der Waals surface area contributed by atoms with Gasteiger partial charge in [-0.3, -0.25) is 0 Å². The molecule has 0 radical (unpaired) electrons. The van der Waals surface area contributed by atoms with Gasteiger partial charge in [0.1, 0.15) is 35.7 Å². The number of aromatic hydroxyl groups is 1. The van der Waals surface area contributed by atoms with Crippen molar-refractivity contribution in [1.82, 2.24) is 10.3 Å². The van der Waals surface area contributed by atoms with Crippen molar-refractivity contribution in [1.29, 1.82) is 0 Å². The number of aromatic amines is 1. The van der Waals surface area contributed by atoms with E-state index in [4.69, 9.17) is 9.47 Å². The van der Waals surface area contributed by atoms with Gasteiger partial charge in [-0.15, -0.1) is 0 Å². The highest BCUT2D eigenvalue weighted by Gasteiger charge is 2.20. The number of aromatic nitrogens is 1. The summed E-state index contributed by atoms with van der Waals surface area (Å²) in [6, 6.07) is 28.7. The van der Waals surface area contributed by atoms with Crippen molar-refractivity contribution in [3.8, 4) is 23.0 Å². The molecule has 1 heterocycles. The molecule has 1 unspecified atom stereocenters. The van der Waals surface area contributed by atoms with Crippen LogP contribution in [0.4, 0.5) is 0 Å². The predicted octanol–water partition coefficient (Wildman–Crippen LogP) is 6.17. The van der Waals surface area contributed by atoms with E-state index in [0.29, 0.717) is 12.3 Å². The van der Waals surface area contributed by atoms with Crippen LogP contribution in [0.15, 0.2) is 91.0 Å². The molecule has 0 aliphatic rings. The molecule has 1 atom stereocenters. The van der Waals surface area contributed by atoms with Crippen LogP contribution < -0.4 is 14.8 Å². The Hall–Kier alpha value is -4.00. The number of fused-ring (bicyclic) bond motifs is 3. The van der Waals surface area contributed by atoms with Gasteiger partial charge in [0.15, 0.2) is 0 Å². The number of ether oxygens (including phenoxy) is 2. The minimum absolute atomic E-state index is 0.199. The Morgan fingerprint density at radius 3 is 2.27 bits per heavy atom. The van der Waals surface area contributed by atoms with Gasteiger partial charge >= 0.3 is 0 Å². The lowest BCUT2D eigenvalue weighted by molar-refractivity contribution is 0.0996. The summed E-state index contributed by atoms with van der Waals surface area (Å²) >= 11 is 0. The number of H-pyrrole nitrogens is 1. The van der Waals surface area contributed by atoms with Crippen LogP contribution in [-0.4, -0.2) is 40.0 Å². The molecule has 1 aromatic heterocycles. The molecular weight excluding hydrogens is 464 g/mol. The zero-order valence-electron chi connectivity index (χ0n) is 21.1. The molecule has 0 amide bonds. The first-order valence-corrected chi connectivity index (χ1v) is 12.5. The van der Waals surface area contributed by atoms with Gasteiger partial charge in [-0.2, -0.15) is 0 Å². The highest BCUT2D eigenvalue weighted by Crippen LogP contribution is 2.33. The summed E-state index contributed by atoms with van der Waals surface area (Å²) in [6.07, 6.45) is 0.134. The van der Waals surface area contributed by atoms with Crippen molar-refractivity contribution in [2.24, 2.45) is 0 Å². The van der Waals surface area contributed by atoms with E-state index in [1.807, 2.05) is 54.6 Å². The summed E-state index contributed by atoms with van der Waals surface area (Å²) in [7, 11) is 0. The number of para-hydroxylation sites is 1. The molecule has 37 heavy (non-hydrogen) atoms. The summed E-state index contributed by atoms with van der Waals surface area (Å²) in [5.41, 5.74) is 3.02. The Morgan fingerprint density at radius 2 is 1.51 bits per heavy atom. The second-order valence-corrected chi connectivity index (χ2v) is 10.00. The number of hydrogen-bond acceptors (Lipinski definition) is 5. The first-order valence-electron chi connectivity index (χ1n) is 12.5. The molecule has 0 aliphatic heterocycles. The van der Waals surface area contributed by atoms with Gasteiger partial charge in [-0.25, -0.2) is 0 Å². The van der Waals surface area contributed by atoms with Crippen molar-refractivity contribution < 1.29 is 19.7 Å². The third kappa shape index (κ3) is 6.05. The highest BCUT2D eigenvalue weighted by molar-refractivity contribution is 6.10. The first-order chi connectivity index (χ1) is 17.9. The summed E-state index contributed by atoms with van der Waals surface area (Å²) < 4.78 is 11.9. The number of rotatable bonds is 10. The minimum Gasteiger partial charge on any atom is -0.508 e. The average Bonchev–Trinajstić information content (AvgIpc) is 3.28. The lowest BCUT2D eigenvalue weighted by Gasteiger charge is -2.28. The fourth-order valence-electron chi connectivity index (χ4n) is 4.53. The number of benzene rings is 4. The number of aliphatic hydroxyl groups excluding tert-OH is 1. The average molecular weight is 497 g/mol. The van der Waals surface area contributed by atoms with Gasteiger partial charge in [0.2, 0.25) is 0 Å². The molecule has 0 spiro atoms. The van der Waals surface area contributed by atoms with Crippen LogP contribution >= 0.6 is 0 Å². The molecule has 5 aromatic rings. The van der Waals surface area contributed by atoms with Crippen LogP contribution in [-0.2, 0) is 6.42 Å². The molecular formula is C31H32N2O4. The van der Waals surface area contributed by atoms with E-state index in [1.165, 1.54) is 0 Å². The fraction of sp³-hybridized carbons (Fsp3) is 0.226. The van der Waals surface area contributed by atoms with E-state index in [-0.39, 0.29) is 17.9 Å². The highest BCUT2D eigenvalue weighted by atomic mass is 16.5. The molecule has 190 valence electrons. The fourth-order valence-corrected chi connectivity index (χ4v) is 4.53. The molecule has 0 fully saturated rings. The molecule has 0 saturated carbocycles. The first kappa shape index (κ1) is 24.7. The van der Waals surface area contributed by atoms with Gasteiger partial charge in [-0.05, 0) is 80.4 Å². The van der Waals surface area contributed by atoms with Gasteiger partial charge in [0, 0.05) is 28.4 Å². The number of hydrogen-bond donors (Lipinski definition) is 4. The lowest BCUT2D eigenvalue weighted by Crippen LogP contribution is -2.46. The van der Waals surface area contributed by atoms with E-state index in [0.717, 1.165) is 45.3 Å². The maximum atomic E-state index is 10.6. The third-order valence-corrected chi connectivity index (χ3v) is 6.38. The topological polar surface area (TPSA) is 86.7 Å². The van der Waals surface area contributed by atoms with Crippen LogP contribution in [0.25, 0.3) is 21.8 Å². The molecule has 4 N–H and O–H groups in total.